The minimum atomic E-state index is -0.202. The van der Waals surface area contributed by atoms with Gasteiger partial charge >= 0.3 is 12.1 Å². The first-order chi connectivity index (χ1) is 14.1. The van der Waals surface area contributed by atoms with Crippen molar-refractivity contribution in [3.8, 4) is 0 Å². The maximum Gasteiger partial charge on any atom is 0.410 e. The number of piperidine rings is 1. The second-order valence-electron chi connectivity index (χ2n) is 8.13. The summed E-state index contributed by atoms with van der Waals surface area (Å²) in [7, 11) is 0. The molecule has 5 heterocycles. The molecule has 0 aliphatic carbocycles. The van der Waals surface area contributed by atoms with Gasteiger partial charge in [0, 0.05) is 44.6 Å². The summed E-state index contributed by atoms with van der Waals surface area (Å²) in [5.74, 6) is 0. The first-order valence-electron chi connectivity index (χ1n) is 10.2. The minimum Gasteiger partial charge on any atom is -0.442 e. The number of ether oxygens (including phenoxy) is 1. The molecular formula is C20H26N6O3. The van der Waals surface area contributed by atoms with Crippen molar-refractivity contribution in [1.29, 1.82) is 0 Å². The van der Waals surface area contributed by atoms with E-state index in [2.05, 4.69) is 15.6 Å². The normalized spacial score (nSPS) is 24.8. The fraction of sp³-hybridized carbons (Fsp3) is 0.550. The molecule has 3 aliphatic heterocycles. The summed E-state index contributed by atoms with van der Waals surface area (Å²) in [5.41, 5.74) is 2.87. The molecule has 3 aliphatic rings. The van der Waals surface area contributed by atoms with Crippen molar-refractivity contribution in [2.75, 3.05) is 26.2 Å². The molecule has 29 heavy (non-hydrogen) atoms. The van der Waals surface area contributed by atoms with E-state index in [1.165, 1.54) is 0 Å². The van der Waals surface area contributed by atoms with E-state index in [0.717, 1.165) is 42.8 Å². The Balaban J connectivity index is 1.14. The van der Waals surface area contributed by atoms with Gasteiger partial charge in [0.2, 0.25) is 0 Å². The summed E-state index contributed by atoms with van der Waals surface area (Å²) in [5, 5.41) is 6.26. The maximum atomic E-state index is 12.6. The SMILES string of the molecule is Cc1ccn2cc(CNC(=O)N3CCC(N4C(=O)O[C@H]5CNC[C@H]54)CC3)nc2c1. The van der Waals surface area contributed by atoms with E-state index in [0.29, 0.717) is 19.6 Å². The number of nitrogens with one attached hydrogen (secondary N) is 2. The first-order valence-corrected chi connectivity index (χ1v) is 10.2. The third-order valence-electron chi connectivity index (χ3n) is 6.18. The molecule has 0 saturated carbocycles. The zero-order chi connectivity index (χ0) is 20.0. The summed E-state index contributed by atoms with van der Waals surface area (Å²) in [6.07, 6.45) is 5.23. The number of imidazole rings is 1. The van der Waals surface area contributed by atoms with E-state index in [4.69, 9.17) is 4.74 Å². The number of rotatable bonds is 3. The van der Waals surface area contributed by atoms with Gasteiger partial charge in [-0.3, -0.25) is 4.90 Å². The molecule has 2 aromatic rings. The van der Waals surface area contributed by atoms with Crippen LogP contribution < -0.4 is 10.6 Å². The number of amides is 3. The highest BCUT2D eigenvalue weighted by atomic mass is 16.6. The molecule has 3 amide bonds. The fourth-order valence-electron chi connectivity index (χ4n) is 4.63. The van der Waals surface area contributed by atoms with Crippen LogP contribution in [0, 0.1) is 6.92 Å². The van der Waals surface area contributed by atoms with Crippen molar-refractivity contribution >= 4 is 17.8 Å². The van der Waals surface area contributed by atoms with Crippen LogP contribution in [0.2, 0.25) is 0 Å². The Bertz CT molecular complexity index is 935. The lowest BCUT2D eigenvalue weighted by Crippen LogP contribution is -2.52. The van der Waals surface area contributed by atoms with Gasteiger partial charge in [0.15, 0.2) is 0 Å². The van der Waals surface area contributed by atoms with Crippen LogP contribution in [0.25, 0.3) is 5.65 Å². The van der Waals surface area contributed by atoms with Crippen molar-refractivity contribution in [2.45, 2.75) is 44.5 Å². The van der Waals surface area contributed by atoms with Gasteiger partial charge < -0.3 is 24.7 Å². The Hall–Kier alpha value is -2.81. The average Bonchev–Trinajstić information content (AvgIpc) is 3.40. The van der Waals surface area contributed by atoms with Crippen molar-refractivity contribution in [2.24, 2.45) is 0 Å². The zero-order valence-electron chi connectivity index (χ0n) is 16.5. The number of hydrogen-bond donors (Lipinski definition) is 2. The van der Waals surface area contributed by atoms with Gasteiger partial charge in [0.05, 0.1) is 18.3 Å². The monoisotopic (exact) mass is 398 g/mol. The highest BCUT2D eigenvalue weighted by molar-refractivity contribution is 5.74. The highest BCUT2D eigenvalue weighted by Gasteiger charge is 2.48. The second-order valence-corrected chi connectivity index (χ2v) is 8.13. The number of aryl methyl sites for hydroxylation is 1. The van der Waals surface area contributed by atoms with Gasteiger partial charge in [-0.25, -0.2) is 14.6 Å². The Kier molecular flexibility index (Phi) is 4.54. The van der Waals surface area contributed by atoms with Crippen LogP contribution in [-0.4, -0.2) is 75.7 Å². The maximum absolute atomic E-state index is 12.6. The van der Waals surface area contributed by atoms with Gasteiger partial charge in [-0.1, -0.05) is 0 Å². The summed E-state index contributed by atoms with van der Waals surface area (Å²) in [6, 6.07) is 4.24. The topological polar surface area (TPSA) is 91.2 Å². The van der Waals surface area contributed by atoms with Gasteiger partial charge in [-0.05, 0) is 37.5 Å². The number of urea groups is 1. The third-order valence-corrected chi connectivity index (χ3v) is 6.18. The number of aromatic nitrogens is 2. The first kappa shape index (κ1) is 18.2. The van der Waals surface area contributed by atoms with Crippen LogP contribution in [-0.2, 0) is 11.3 Å². The average molecular weight is 398 g/mol. The van der Waals surface area contributed by atoms with Crippen LogP contribution >= 0.6 is 0 Å². The Morgan fingerprint density at radius 2 is 2.17 bits per heavy atom. The number of fused-ring (bicyclic) bond motifs is 2. The molecule has 2 aromatic heterocycles. The summed E-state index contributed by atoms with van der Waals surface area (Å²) < 4.78 is 7.43. The van der Waals surface area contributed by atoms with Crippen LogP contribution in [0.4, 0.5) is 9.59 Å². The molecule has 9 nitrogen and oxygen atoms in total. The largest absolute Gasteiger partial charge is 0.442 e. The lowest BCUT2D eigenvalue weighted by atomic mass is 10.0. The van der Waals surface area contributed by atoms with Gasteiger partial charge in [-0.2, -0.15) is 0 Å². The number of pyridine rings is 1. The standard InChI is InChI=1S/C20H26N6O3/c1-13-2-5-25-12-14(23-18(25)8-13)9-22-19(27)24-6-3-15(4-7-24)26-16-10-21-11-17(16)29-20(26)28/h2,5,8,12,15-17,21H,3-4,6-7,9-11H2,1H3,(H,22,27)/t16-,17+/m1/s1. The van der Waals surface area contributed by atoms with Crippen LogP contribution in [0.5, 0.6) is 0 Å². The Morgan fingerprint density at radius 3 is 3.00 bits per heavy atom. The Labute approximate surface area is 169 Å². The minimum absolute atomic E-state index is 0.0296. The number of carbonyl (C=O) groups excluding carboxylic acids is 2. The summed E-state index contributed by atoms with van der Waals surface area (Å²) in [6.45, 7) is 5.22. The number of carbonyl (C=O) groups is 2. The Morgan fingerprint density at radius 1 is 1.34 bits per heavy atom. The van der Waals surface area contributed by atoms with E-state index in [9.17, 15) is 9.59 Å². The third kappa shape index (κ3) is 3.39. The van der Waals surface area contributed by atoms with Crippen molar-refractivity contribution in [3.05, 3.63) is 35.8 Å². The fourth-order valence-corrected chi connectivity index (χ4v) is 4.63. The molecule has 5 rings (SSSR count). The molecule has 154 valence electrons. The second kappa shape index (κ2) is 7.22. The molecule has 0 radical (unpaired) electrons. The van der Waals surface area contributed by atoms with E-state index in [1.807, 2.05) is 45.7 Å². The van der Waals surface area contributed by atoms with E-state index >= 15 is 0 Å². The number of hydrogen-bond acceptors (Lipinski definition) is 5. The number of nitrogens with zero attached hydrogens (tertiary/aromatic N) is 4. The van der Waals surface area contributed by atoms with Gasteiger partial charge in [0.25, 0.3) is 0 Å². The molecule has 2 N–H and O–H groups in total. The highest BCUT2D eigenvalue weighted by Crippen LogP contribution is 2.29. The lowest BCUT2D eigenvalue weighted by molar-refractivity contribution is 0.109. The van der Waals surface area contributed by atoms with Crippen molar-refractivity contribution in [3.63, 3.8) is 0 Å². The summed E-state index contributed by atoms with van der Waals surface area (Å²) >= 11 is 0. The van der Waals surface area contributed by atoms with Crippen molar-refractivity contribution < 1.29 is 14.3 Å². The smallest absolute Gasteiger partial charge is 0.410 e. The predicted molar refractivity (Wildman–Crippen MR) is 106 cm³/mol. The van der Waals surface area contributed by atoms with Gasteiger partial charge in [-0.15, -0.1) is 0 Å². The van der Waals surface area contributed by atoms with E-state index < -0.39 is 0 Å². The molecule has 9 heteroatoms. The van der Waals surface area contributed by atoms with E-state index in [-0.39, 0.29) is 30.3 Å². The van der Waals surface area contributed by atoms with Crippen LogP contribution in [0.3, 0.4) is 0 Å². The van der Waals surface area contributed by atoms with Gasteiger partial charge in [0.1, 0.15) is 11.8 Å². The molecule has 0 unspecified atom stereocenters. The summed E-state index contributed by atoms with van der Waals surface area (Å²) in [4.78, 5) is 33.1. The van der Waals surface area contributed by atoms with Crippen LogP contribution in [0.15, 0.2) is 24.5 Å². The predicted octanol–water partition coefficient (Wildman–Crippen LogP) is 1.11. The van der Waals surface area contributed by atoms with Crippen molar-refractivity contribution in [1.82, 2.24) is 29.8 Å². The molecule has 2 atom stereocenters. The zero-order valence-corrected chi connectivity index (χ0v) is 16.5. The molecule has 3 fully saturated rings. The molecule has 3 saturated heterocycles. The molecule has 0 bridgehead atoms. The lowest BCUT2D eigenvalue weighted by Gasteiger charge is -2.37. The number of likely N-dealkylation sites (tertiary alicyclic amines) is 1. The molecule has 0 aromatic carbocycles. The quantitative estimate of drug-likeness (QED) is 0.808. The van der Waals surface area contributed by atoms with Crippen LogP contribution in [0.1, 0.15) is 24.1 Å². The molecular weight excluding hydrogens is 372 g/mol. The van der Waals surface area contributed by atoms with E-state index in [1.54, 1.807) is 0 Å². The molecule has 0 spiro atoms.